The Hall–Kier alpha value is -1.01. The van der Waals surface area contributed by atoms with E-state index < -0.39 is 12.0 Å². The second kappa shape index (κ2) is 5.65. The second-order valence-electron chi connectivity index (χ2n) is 5.90. The number of fused-ring (bicyclic) bond motifs is 1. The lowest BCUT2D eigenvalue weighted by molar-refractivity contribution is -0.141. The molecule has 1 aromatic rings. The highest BCUT2D eigenvalue weighted by Gasteiger charge is 2.41. The van der Waals surface area contributed by atoms with Crippen molar-refractivity contribution in [3.05, 3.63) is 21.4 Å². The molecule has 6 heteroatoms. The predicted octanol–water partition coefficient (Wildman–Crippen LogP) is 2.86. The van der Waals surface area contributed by atoms with Crippen LogP contribution in [0.1, 0.15) is 41.1 Å². The van der Waals surface area contributed by atoms with Crippen LogP contribution in [0.2, 0.25) is 0 Å². The van der Waals surface area contributed by atoms with E-state index in [1.807, 2.05) is 12.3 Å². The van der Waals surface area contributed by atoms with Gasteiger partial charge in [0.15, 0.2) is 0 Å². The zero-order valence-corrected chi connectivity index (χ0v) is 13.8. The molecule has 1 aliphatic carbocycles. The molecule has 3 rings (SSSR count). The van der Waals surface area contributed by atoms with Crippen LogP contribution in [0.15, 0.2) is 5.38 Å². The molecular formula is C15H19NO3S2. The predicted molar refractivity (Wildman–Crippen MR) is 85.0 cm³/mol. The summed E-state index contributed by atoms with van der Waals surface area (Å²) in [5.41, 5.74) is 1.90. The molecule has 3 atom stereocenters. The van der Waals surface area contributed by atoms with Gasteiger partial charge in [0.2, 0.25) is 0 Å². The zero-order valence-electron chi connectivity index (χ0n) is 12.2. The van der Waals surface area contributed by atoms with Crippen LogP contribution in [0.25, 0.3) is 0 Å². The Morgan fingerprint density at radius 3 is 2.86 bits per heavy atom. The molecule has 0 bridgehead atoms. The highest BCUT2D eigenvalue weighted by atomic mass is 32.2. The molecule has 21 heavy (non-hydrogen) atoms. The molecule has 2 heterocycles. The number of thioether (sulfide) groups is 1. The van der Waals surface area contributed by atoms with Crippen LogP contribution >= 0.6 is 23.1 Å². The maximum Gasteiger partial charge on any atom is 0.327 e. The first-order valence-corrected chi connectivity index (χ1v) is 9.18. The maximum atomic E-state index is 12.8. The Morgan fingerprint density at radius 2 is 2.14 bits per heavy atom. The number of carboxylic acid groups (broad SMARTS) is 1. The first kappa shape index (κ1) is 14.9. The summed E-state index contributed by atoms with van der Waals surface area (Å²) in [5.74, 6) is 0.142. The third-order valence-corrected chi connectivity index (χ3v) is 6.64. The molecule has 3 unspecified atom stereocenters. The van der Waals surface area contributed by atoms with Gasteiger partial charge in [0.25, 0.3) is 5.91 Å². The third kappa shape index (κ3) is 2.59. The van der Waals surface area contributed by atoms with Gasteiger partial charge in [0, 0.05) is 16.0 Å². The summed E-state index contributed by atoms with van der Waals surface area (Å²) in [6, 6.07) is -0.699. The van der Waals surface area contributed by atoms with Gasteiger partial charge in [-0.2, -0.15) is 0 Å². The lowest BCUT2D eigenvalue weighted by atomic mass is 9.88. The van der Waals surface area contributed by atoms with E-state index in [1.54, 1.807) is 16.2 Å². The molecule has 1 aromatic heterocycles. The number of hydrogen-bond donors (Lipinski definition) is 1. The lowest BCUT2D eigenvalue weighted by Gasteiger charge is -2.26. The van der Waals surface area contributed by atoms with E-state index in [4.69, 9.17) is 0 Å². The molecule has 1 aliphatic heterocycles. The average Bonchev–Trinajstić information content (AvgIpc) is 3.01. The molecule has 0 saturated carbocycles. The minimum absolute atomic E-state index is 0.0725. The zero-order chi connectivity index (χ0) is 15.1. The number of amides is 1. The summed E-state index contributed by atoms with van der Waals surface area (Å²) in [7, 11) is 0. The fourth-order valence-electron chi connectivity index (χ4n) is 3.14. The van der Waals surface area contributed by atoms with Crippen molar-refractivity contribution in [1.82, 2.24) is 4.90 Å². The fraction of sp³-hybridized carbons (Fsp3) is 0.600. The van der Waals surface area contributed by atoms with E-state index in [0.717, 1.165) is 30.4 Å². The Bertz CT molecular complexity index is 583. The number of nitrogens with zero attached hydrogens (tertiary/aromatic N) is 1. The largest absolute Gasteiger partial charge is 0.480 e. The van der Waals surface area contributed by atoms with Crippen molar-refractivity contribution < 1.29 is 14.7 Å². The number of carbonyl (C=O) groups is 2. The van der Waals surface area contributed by atoms with Crippen molar-refractivity contribution in [2.24, 2.45) is 5.92 Å². The summed E-state index contributed by atoms with van der Waals surface area (Å²) in [5, 5.41) is 11.2. The normalized spacial score (nSPS) is 28.5. The van der Waals surface area contributed by atoms with Crippen LogP contribution in [0.5, 0.6) is 0 Å². The molecule has 2 aliphatic rings. The molecule has 1 amide bonds. The van der Waals surface area contributed by atoms with Crippen molar-refractivity contribution in [2.75, 3.05) is 5.75 Å². The van der Waals surface area contributed by atoms with E-state index in [9.17, 15) is 14.7 Å². The van der Waals surface area contributed by atoms with Gasteiger partial charge in [-0.1, -0.05) is 6.92 Å². The maximum absolute atomic E-state index is 12.8. The van der Waals surface area contributed by atoms with Gasteiger partial charge in [-0.25, -0.2) is 4.79 Å². The van der Waals surface area contributed by atoms with Gasteiger partial charge in [-0.05, 0) is 37.7 Å². The van der Waals surface area contributed by atoms with Crippen molar-refractivity contribution in [3.8, 4) is 0 Å². The van der Waals surface area contributed by atoms with Crippen LogP contribution in [0.4, 0.5) is 0 Å². The Kier molecular flexibility index (Phi) is 4.01. The van der Waals surface area contributed by atoms with E-state index in [-0.39, 0.29) is 11.3 Å². The van der Waals surface area contributed by atoms with E-state index in [2.05, 4.69) is 6.92 Å². The summed E-state index contributed by atoms with van der Waals surface area (Å²) in [6.07, 6.45) is 3.09. The van der Waals surface area contributed by atoms with E-state index >= 15 is 0 Å². The van der Waals surface area contributed by atoms with Gasteiger partial charge in [-0.15, -0.1) is 23.1 Å². The summed E-state index contributed by atoms with van der Waals surface area (Å²) < 4.78 is 0. The van der Waals surface area contributed by atoms with Crippen LogP contribution in [-0.2, 0) is 17.6 Å². The molecule has 114 valence electrons. The minimum Gasteiger partial charge on any atom is -0.480 e. The first-order valence-electron chi connectivity index (χ1n) is 7.25. The molecule has 1 saturated heterocycles. The van der Waals surface area contributed by atoms with Gasteiger partial charge in [-0.3, -0.25) is 4.79 Å². The average molecular weight is 325 g/mol. The molecule has 0 aromatic carbocycles. The number of carboxylic acids is 1. The summed E-state index contributed by atoms with van der Waals surface area (Å²) in [6.45, 7) is 4.15. The Morgan fingerprint density at radius 1 is 1.38 bits per heavy atom. The van der Waals surface area contributed by atoms with Crippen LogP contribution < -0.4 is 0 Å². The SMILES string of the molecule is CC1CCc2c(C(=O)N3C(C)SCC3C(=O)O)csc2C1. The molecular weight excluding hydrogens is 306 g/mol. The van der Waals surface area contributed by atoms with E-state index in [1.165, 1.54) is 16.6 Å². The highest BCUT2D eigenvalue weighted by Crippen LogP contribution is 2.36. The monoisotopic (exact) mass is 325 g/mol. The smallest absolute Gasteiger partial charge is 0.327 e. The van der Waals surface area contributed by atoms with Gasteiger partial charge < -0.3 is 10.0 Å². The van der Waals surface area contributed by atoms with Gasteiger partial charge in [0.1, 0.15) is 6.04 Å². The minimum atomic E-state index is -0.905. The van der Waals surface area contributed by atoms with Crippen molar-refractivity contribution in [1.29, 1.82) is 0 Å². The summed E-state index contributed by atoms with van der Waals surface area (Å²) >= 11 is 3.18. The van der Waals surface area contributed by atoms with Crippen molar-refractivity contribution >= 4 is 35.0 Å². The first-order chi connectivity index (χ1) is 9.99. The van der Waals surface area contributed by atoms with Crippen molar-refractivity contribution in [2.45, 2.75) is 44.5 Å². The van der Waals surface area contributed by atoms with Gasteiger partial charge in [0.05, 0.1) is 10.9 Å². The quantitative estimate of drug-likeness (QED) is 0.908. The number of carbonyl (C=O) groups excluding carboxylic acids is 1. The molecule has 4 nitrogen and oxygen atoms in total. The molecule has 0 spiro atoms. The standard InChI is InChI=1S/C15H19NO3S2/c1-8-3-4-10-11(6-21-13(10)5-8)14(17)16-9(2)20-7-12(16)15(18)19/h6,8-9,12H,3-5,7H2,1-2H3,(H,18,19). The van der Waals surface area contributed by atoms with Crippen LogP contribution in [-0.4, -0.2) is 39.1 Å². The fourth-order valence-corrected chi connectivity index (χ4v) is 5.54. The number of hydrogen-bond acceptors (Lipinski definition) is 4. The summed E-state index contributed by atoms with van der Waals surface area (Å²) in [4.78, 5) is 27.1. The second-order valence-corrected chi connectivity index (χ2v) is 8.21. The van der Waals surface area contributed by atoms with Gasteiger partial charge >= 0.3 is 5.97 Å². The molecule has 1 fully saturated rings. The Labute approximate surface area is 132 Å². The van der Waals surface area contributed by atoms with Crippen LogP contribution in [0.3, 0.4) is 0 Å². The van der Waals surface area contributed by atoms with Crippen molar-refractivity contribution in [3.63, 3.8) is 0 Å². The lowest BCUT2D eigenvalue weighted by Crippen LogP contribution is -2.45. The third-order valence-electron chi connectivity index (χ3n) is 4.37. The molecule has 1 N–H and O–H groups in total. The number of rotatable bonds is 2. The highest BCUT2D eigenvalue weighted by molar-refractivity contribution is 8.00. The number of thiophene rings is 1. The Balaban J connectivity index is 1.90. The van der Waals surface area contributed by atoms with E-state index in [0.29, 0.717) is 11.7 Å². The molecule has 0 radical (unpaired) electrons. The number of aliphatic carboxylic acids is 1. The topological polar surface area (TPSA) is 57.6 Å². The van der Waals surface area contributed by atoms with Crippen LogP contribution in [0, 0.1) is 5.92 Å².